The van der Waals surface area contributed by atoms with Crippen LogP contribution in [-0.4, -0.2) is 12.6 Å². The Bertz CT molecular complexity index is 502. The Balaban J connectivity index is 3.13. The quantitative estimate of drug-likeness (QED) is 0.0516. The number of unbranched alkanes of at least 4 members (excludes halogenated alkanes) is 34. The standard InChI is InChI=1S/C41H82O2/c1-3-5-7-9-11-13-15-17-18-19-20-21-22-23-24-25-26-27-29-31-33-35-37-39-41(42)43-40-38-36-34-32-30-28-16-14-12-10-8-6-4-2/h3-40H2,1-2H3. The third-order valence-corrected chi connectivity index (χ3v) is 9.50. The Labute approximate surface area is 273 Å². The molecule has 0 aromatic rings. The normalized spacial score (nSPS) is 11.4. The molecule has 0 aromatic carbocycles. The molecule has 0 amide bonds. The summed E-state index contributed by atoms with van der Waals surface area (Å²) in [5.74, 6) is 0.0300. The molecule has 0 aromatic heterocycles. The topological polar surface area (TPSA) is 26.3 Å². The van der Waals surface area contributed by atoms with Gasteiger partial charge < -0.3 is 4.74 Å². The van der Waals surface area contributed by atoms with E-state index in [4.69, 9.17) is 4.74 Å². The first-order valence-electron chi connectivity index (χ1n) is 20.5. The summed E-state index contributed by atoms with van der Waals surface area (Å²) < 4.78 is 5.45. The number of hydrogen-bond donors (Lipinski definition) is 0. The van der Waals surface area contributed by atoms with Crippen LogP contribution in [0.4, 0.5) is 0 Å². The molecule has 0 saturated heterocycles. The molecule has 43 heavy (non-hydrogen) atoms. The Morgan fingerprint density at radius 3 is 0.767 bits per heavy atom. The van der Waals surface area contributed by atoms with Crippen LogP contribution in [0.3, 0.4) is 0 Å². The Hall–Kier alpha value is -0.530. The lowest BCUT2D eigenvalue weighted by Crippen LogP contribution is -2.05. The van der Waals surface area contributed by atoms with E-state index >= 15 is 0 Å². The Morgan fingerprint density at radius 1 is 0.302 bits per heavy atom. The molecule has 0 aliphatic heterocycles. The predicted octanol–water partition coefficient (Wildman–Crippen LogP) is 15.0. The van der Waals surface area contributed by atoms with Crippen LogP contribution in [-0.2, 0) is 9.53 Å². The summed E-state index contributed by atoms with van der Waals surface area (Å²) in [6, 6.07) is 0. The van der Waals surface area contributed by atoms with Crippen LogP contribution in [0.1, 0.15) is 251 Å². The van der Waals surface area contributed by atoms with E-state index in [1.54, 1.807) is 0 Å². The largest absolute Gasteiger partial charge is 0.466 e. The zero-order chi connectivity index (χ0) is 31.2. The summed E-state index contributed by atoms with van der Waals surface area (Å²) in [4.78, 5) is 12.0. The summed E-state index contributed by atoms with van der Waals surface area (Å²) in [6.45, 7) is 5.22. The van der Waals surface area contributed by atoms with Crippen molar-refractivity contribution in [1.82, 2.24) is 0 Å². The van der Waals surface area contributed by atoms with Crippen LogP contribution in [0, 0.1) is 0 Å². The van der Waals surface area contributed by atoms with E-state index in [9.17, 15) is 4.79 Å². The molecule has 0 aliphatic carbocycles. The fourth-order valence-electron chi connectivity index (χ4n) is 6.43. The van der Waals surface area contributed by atoms with Gasteiger partial charge >= 0.3 is 5.97 Å². The van der Waals surface area contributed by atoms with Crippen LogP contribution >= 0.6 is 0 Å². The smallest absolute Gasteiger partial charge is 0.305 e. The van der Waals surface area contributed by atoms with Crippen molar-refractivity contribution in [2.45, 2.75) is 251 Å². The van der Waals surface area contributed by atoms with Gasteiger partial charge in [-0.05, 0) is 12.8 Å². The van der Waals surface area contributed by atoms with Crippen molar-refractivity contribution in [1.29, 1.82) is 0 Å². The van der Waals surface area contributed by atoms with E-state index < -0.39 is 0 Å². The molecule has 0 N–H and O–H groups in total. The van der Waals surface area contributed by atoms with Crippen LogP contribution in [0.2, 0.25) is 0 Å². The molecule has 2 nitrogen and oxygen atoms in total. The first kappa shape index (κ1) is 42.5. The van der Waals surface area contributed by atoms with Crippen molar-refractivity contribution in [3.8, 4) is 0 Å². The molecule has 0 spiro atoms. The summed E-state index contributed by atoms with van der Waals surface area (Å²) in [5.41, 5.74) is 0. The minimum atomic E-state index is 0.0300. The van der Waals surface area contributed by atoms with Crippen LogP contribution in [0.15, 0.2) is 0 Å². The van der Waals surface area contributed by atoms with E-state index in [2.05, 4.69) is 13.8 Å². The molecule has 0 saturated carbocycles. The monoisotopic (exact) mass is 607 g/mol. The molecule has 0 unspecified atom stereocenters. The van der Waals surface area contributed by atoms with E-state index in [-0.39, 0.29) is 5.97 Å². The van der Waals surface area contributed by atoms with Gasteiger partial charge in [0.15, 0.2) is 0 Å². The maximum absolute atomic E-state index is 12.0. The van der Waals surface area contributed by atoms with Crippen LogP contribution in [0.25, 0.3) is 0 Å². The second-order valence-corrected chi connectivity index (χ2v) is 14.0. The minimum absolute atomic E-state index is 0.0300. The molecular formula is C41H82O2. The van der Waals surface area contributed by atoms with Crippen molar-refractivity contribution in [3.63, 3.8) is 0 Å². The highest BCUT2D eigenvalue weighted by molar-refractivity contribution is 5.69. The molecule has 2 heteroatoms. The van der Waals surface area contributed by atoms with Gasteiger partial charge in [0.2, 0.25) is 0 Å². The van der Waals surface area contributed by atoms with Crippen molar-refractivity contribution in [3.05, 3.63) is 0 Å². The fourth-order valence-corrected chi connectivity index (χ4v) is 6.43. The lowest BCUT2D eigenvalue weighted by Gasteiger charge is -2.06. The average Bonchev–Trinajstić information content (AvgIpc) is 3.01. The molecular weight excluding hydrogens is 524 g/mol. The predicted molar refractivity (Wildman–Crippen MR) is 193 cm³/mol. The van der Waals surface area contributed by atoms with Gasteiger partial charge in [0, 0.05) is 6.42 Å². The van der Waals surface area contributed by atoms with Gasteiger partial charge in [-0.15, -0.1) is 0 Å². The van der Waals surface area contributed by atoms with Gasteiger partial charge in [0.25, 0.3) is 0 Å². The SMILES string of the molecule is CCCCCCCCCCCCCCCCCCCCCCCCCC(=O)OCCCCCCCCCCCCCCC. The first-order chi connectivity index (χ1) is 21.3. The lowest BCUT2D eigenvalue weighted by molar-refractivity contribution is -0.143. The maximum Gasteiger partial charge on any atom is 0.305 e. The number of carbonyl (C=O) groups excluding carboxylic acids is 1. The molecule has 0 aliphatic rings. The number of esters is 1. The van der Waals surface area contributed by atoms with Crippen molar-refractivity contribution in [2.24, 2.45) is 0 Å². The second-order valence-electron chi connectivity index (χ2n) is 14.0. The number of ether oxygens (including phenoxy) is 1. The second kappa shape index (κ2) is 39.5. The first-order valence-corrected chi connectivity index (χ1v) is 20.5. The molecule has 0 heterocycles. The highest BCUT2D eigenvalue weighted by Crippen LogP contribution is 2.16. The maximum atomic E-state index is 12.0. The number of carbonyl (C=O) groups is 1. The van der Waals surface area contributed by atoms with Crippen LogP contribution in [0.5, 0.6) is 0 Å². The van der Waals surface area contributed by atoms with E-state index in [1.165, 1.54) is 218 Å². The molecule has 258 valence electrons. The molecule has 0 bridgehead atoms. The summed E-state index contributed by atoms with van der Waals surface area (Å²) in [7, 11) is 0. The Kier molecular flexibility index (Phi) is 39.0. The Morgan fingerprint density at radius 2 is 0.512 bits per heavy atom. The van der Waals surface area contributed by atoms with Gasteiger partial charge in [0.05, 0.1) is 6.61 Å². The fraction of sp³-hybridized carbons (Fsp3) is 0.976. The van der Waals surface area contributed by atoms with Crippen molar-refractivity contribution >= 4 is 5.97 Å². The van der Waals surface area contributed by atoms with Crippen molar-refractivity contribution in [2.75, 3.05) is 6.61 Å². The third-order valence-electron chi connectivity index (χ3n) is 9.50. The minimum Gasteiger partial charge on any atom is -0.466 e. The molecule has 0 atom stereocenters. The van der Waals surface area contributed by atoms with Crippen LogP contribution < -0.4 is 0 Å². The number of rotatable bonds is 38. The van der Waals surface area contributed by atoms with Gasteiger partial charge in [-0.3, -0.25) is 4.79 Å². The summed E-state index contributed by atoms with van der Waals surface area (Å²) in [6.07, 6.45) is 50.5. The number of hydrogen-bond acceptors (Lipinski definition) is 2. The van der Waals surface area contributed by atoms with E-state index in [0.717, 1.165) is 12.8 Å². The van der Waals surface area contributed by atoms with Gasteiger partial charge in [0.1, 0.15) is 0 Å². The zero-order valence-corrected chi connectivity index (χ0v) is 30.2. The third kappa shape index (κ3) is 39.4. The molecule has 0 radical (unpaired) electrons. The highest BCUT2D eigenvalue weighted by Gasteiger charge is 2.03. The van der Waals surface area contributed by atoms with Gasteiger partial charge in [-0.25, -0.2) is 0 Å². The lowest BCUT2D eigenvalue weighted by atomic mass is 10.0. The summed E-state index contributed by atoms with van der Waals surface area (Å²) in [5, 5.41) is 0. The van der Waals surface area contributed by atoms with E-state index in [0.29, 0.717) is 13.0 Å². The van der Waals surface area contributed by atoms with Crippen molar-refractivity contribution < 1.29 is 9.53 Å². The van der Waals surface area contributed by atoms with Gasteiger partial charge in [-0.2, -0.15) is 0 Å². The zero-order valence-electron chi connectivity index (χ0n) is 30.2. The highest BCUT2D eigenvalue weighted by atomic mass is 16.5. The molecule has 0 rings (SSSR count). The summed E-state index contributed by atoms with van der Waals surface area (Å²) >= 11 is 0. The molecule has 0 fully saturated rings. The van der Waals surface area contributed by atoms with E-state index in [1.807, 2.05) is 0 Å². The van der Waals surface area contributed by atoms with Gasteiger partial charge in [-0.1, -0.05) is 232 Å². The average molecular weight is 607 g/mol.